The van der Waals surface area contributed by atoms with Gasteiger partial charge in [0.2, 0.25) is 5.91 Å². The van der Waals surface area contributed by atoms with Crippen LogP contribution in [0.4, 0.5) is 0 Å². The van der Waals surface area contributed by atoms with Crippen LogP contribution in [0.5, 0.6) is 0 Å². The van der Waals surface area contributed by atoms with Crippen molar-refractivity contribution in [2.24, 2.45) is 0 Å². The minimum atomic E-state index is -0.0763. The number of likely N-dealkylation sites (N-methyl/N-ethyl adjacent to an activating group) is 1. The fourth-order valence-electron chi connectivity index (χ4n) is 0.927. The lowest BCUT2D eigenvalue weighted by Crippen LogP contribution is -2.35. The molecule has 0 fully saturated rings. The smallest absolute Gasteiger partial charge is 0.246 e. The third kappa shape index (κ3) is 7.97. The van der Waals surface area contributed by atoms with Crippen LogP contribution >= 0.6 is 0 Å². The number of carbonyl (C=O) groups excluding carboxylic acids is 1. The summed E-state index contributed by atoms with van der Waals surface area (Å²) in [6, 6.07) is 0. The number of hydrogen-bond donors (Lipinski definition) is 1. The molecule has 0 unspecified atom stereocenters. The molecular formula is C9H20N2O3. The van der Waals surface area contributed by atoms with E-state index in [0.717, 1.165) is 13.1 Å². The number of amides is 1. The second-order valence-electron chi connectivity index (χ2n) is 3.08. The molecule has 0 heterocycles. The van der Waals surface area contributed by atoms with Gasteiger partial charge in [-0.25, -0.2) is 0 Å². The van der Waals surface area contributed by atoms with Gasteiger partial charge in [-0.2, -0.15) is 0 Å². The summed E-state index contributed by atoms with van der Waals surface area (Å²) in [6.07, 6.45) is 0. The van der Waals surface area contributed by atoms with Crippen LogP contribution in [0.3, 0.4) is 0 Å². The van der Waals surface area contributed by atoms with Crippen LogP contribution in [-0.4, -0.2) is 64.9 Å². The zero-order chi connectivity index (χ0) is 10.8. The van der Waals surface area contributed by atoms with Crippen LogP contribution in [0.1, 0.15) is 0 Å². The molecule has 0 radical (unpaired) electrons. The van der Waals surface area contributed by atoms with E-state index in [9.17, 15) is 4.79 Å². The van der Waals surface area contributed by atoms with Gasteiger partial charge >= 0.3 is 0 Å². The Labute approximate surface area is 85.4 Å². The predicted octanol–water partition coefficient (Wildman–Crippen LogP) is -0.673. The van der Waals surface area contributed by atoms with Crippen molar-refractivity contribution in [2.45, 2.75) is 0 Å². The molecule has 0 aromatic carbocycles. The van der Waals surface area contributed by atoms with Crippen LogP contribution in [0, 0.1) is 0 Å². The van der Waals surface area contributed by atoms with E-state index < -0.39 is 0 Å². The first-order valence-electron chi connectivity index (χ1n) is 4.63. The second-order valence-corrected chi connectivity index (χ2v) is 3.08. The monoisotopic (exact) mass is 204 g/mol. The van der Waals surface area contributed by atoms with Gasteiger partial charge in [-0.1, -0.05) is 0 Å². The Balaban J connectivity index is 3.29. The van der Waals surface area contributed by atoms with Gasteiger partial charge in [0.15, 0.2) is 0 Å². The fraction of sp³-hybridized carbons (Fsp3) is 0.889. The van der Waals surface area contributed by atoms with Crippen molar-refractivity contribution in [3.05, 3.63) is 0 Å². The van der Waals surface area contributed by atoms with Gasteiger partial charge in [0.1, 0.15) is 6.61 Å². The summed E-state index contributed by atoms with van der Waals surface area (Å²) in [7, 11) is 5.17. The molecule has 1 N–H and O–H groups in total. The fourth-order valence-corrected chi connectivity index (χ4v) is 0.927. The lowest BCUT2D eigenvalue weighted by Gasteiger charge is -2.15. The summed E-state index contributed by atoms with van der Waals surface area (Å²) >= 11 is 0. The van der Waals surface area contributed by atoms with E-state index in [4.69, 9.17) is 4.74 Å². The molecule has 5 heteroatoms. The van der Waals surface area contributed by atoms with Crippen molar-refractivity contribution >= 4 is 5.91 Å². The predicted molar refractivity (Wildman–Crippen MR) is 54.3 cm³/mol. The third-order valence-electron chi connectivity index (χ3n) is 1.77. The molecule has 84 valence electrons. The number of nitrogens with one attached hydrogen (secondary N) is 1. The molecule has 0 aliphatic rings. The topological polar surface area (TPSA) is 50.8 Å². The number of ether oxygens (including phenoxy) is 2. The van der Waals surface area contributed by atoms with Gasteiger partial charge in [0, 0.05) is 33.9 Å². The number of nitrogens with zero attached hydrogens (tertiary/aromatic N) is 1. The SMILES string of the molecule is COCCN(C)CCNC(=O)COC. The minimum absolute atomic E-state index is 0.0763. The molecular weight excluding hydrogens is 184 g/mol. The van der Waals surface area contributed by atoms with Crippen LogP contribution in [-0.2, 0) is 14.3 Å². The Morgan fingerprint density at radius 3 is 2.57 bits per heavy atom. The summed E-state index contributed by atoms with van der Waals surface area (Å²) in [5.74, 6) is -0.0763. The van der Waals surface area contributed by atoms with Crippen LogP contribution in [0.15, 0.2) is 0 Å². The van der Waals surface area contributed by atoms with Gasteiger partial charge in [0.25, 0.3) is 0 Å². The summed E-state index contributed by atoms with van der Waals surface area (Å²) < 4.78 is 9.61. The lowest BCUT2D eigenvalue weighted by atomic mass is 10.5. The molecule has 0 rings (SSSR count). The van der Waals surface area contributed by atoms with E-state index in [-0.39, 0.29) is 12.5 Å². The maximum Gasteiger partial charge on any atom is 0.246 e. The molecule has 1 amide bonds. The first-order valence-corrected chi connectivity index (χ1v) is 4.63. The molecule has 0 atom stereocenters. The Kier molecular flexibility index (Phi) is 8.51. The van der Waals surface area contributed by atoms with Crippen molar-refractivity contribution in [1.29, 1.82) is 0 Å². The van der Waals surface area contributed by atoms with Gasteiger partial charge < -0.3 is 19.7 Å². The first-order chi connectivity index (χ1) is 6.70. The van der Waals surface area contributed by atoms with Crippen LogP contribution < -0.4 is 5.32 Å². The molecule has 0 aliphatic heterocycles. The summed E-state index contributed by atoms with van der Waals surface area (Å²) in [4.78, 5) is 13.1. The molecule has 5 nitrogen and oxygen atoms in total. The third-order valence-corrected chi connectivity index (χ3v) is 1.77. The minimum Gasteiger partial charge on any atom is -0.383 e. The number of hydrogen-bond acceptors (Lipinski definition) is 4. The average molecular weight is 204 g/mol. The summed E-state index contributed by atoms with van der Waals surface area (Å²) in [5.41, 5.74) is 0. The Bertz CT molecular complexity index is 153. The molecule has 0 aliphatic carbocycles. The highest BCUT2D eigenvalue weighted by atomic mass is 16.5. The Morgan fingerprint density at radius 2 is 2.00 bits per heavy atom. The molecule has 0 saturated carbocycles. The average Bonchev–Trinajstić information content (AvgIpc) is 2.15. The van der Waals surface area contributed by atoms with E-state index in [1.807, 2.05) is 7.05 Å². The van der Waals surface area contributed by atoms with E-state index in [0.29, 0.717) is 13.2 Å². The van der Waals surface area contributed by atoms with Gasteiger partial charge in [0.05, 0.1) is 6.61 Å². The maximum atomic E-state index is 11.0. The van der Waals surface area contributed by atoms with Crippen molar-refractivity contribution in [3.8, 4) is 0 Å². The van der Waals surface area contributed by atoms with Crippen LogP contribution in [0.25, 0.3) is 0 Å². The number of rotatable bonds is 8. The van der Waals surface area contributed by atoms with E-state index in [1.165, 1.54) is 7.11 Å². The first kappa shape index (κ1) is 13.4. The van der Waals surface area contributed by atoms with Crippen molar-refractivity contribution in [1.82, 2.24) is 10.2 Å². The van der Waals surface area contributed by atoms with Crippen LogP contribution in [0.2, 0.25) is 0 Å². The highest BCUT2D eigenvalue weighted by Gasteiger charge is 2.00. The van der Waals surface area contributed by atoms with E-state index in [2.05, 4.69) is 15.0 Å². The molecule has 0 spiro atoms. The van der Waals surface area contributed by atoms with Gasteiger partial charge in [-0.05, 0) is 7.05 Å². The van der Waals surface area contributed by atoms with Crippen molar-refractivity contribution in [3.63, 3.8) is 0 Å². The van der Waals surface area contributed by atoms with E-state index in [1.54, 1.807) is 7.11 Å². The molecule has 0 aromatic heterocycles. The molecule has 0 saturated heterocycles. The summed E-state index contributed by atoms with van der Waals surface area (Å²) in [6.45, 7) is 3.17. The number of methoxy groups -OCH3 is 2. The summed E-state index contributed by atoms with van der Waals surface area (Å²) in [5, 5.41) is 2.74. The quantitative estimate of drug-likeness (QED) is 0.569. The lowest BCUT2D eigenvalue weighted by molar-refractivity contribution is -0.124. The number of carbonyl (C=O) groups is 1. The van der Waals surface area contributed by atoms with Crippen molar-refractivity contribution < 1.29 is 14.3 Å². The van der Waals surface area contributed by atoms with Gasteiger partial charge in [-0.15, -0.1) is 0 Å². The Hall–Kier alpha value is -0.650. The Morgan fingerprint density at radius 1 is 1.29 bits per heavy atom. The van der Waals surface area contributed by atoms with Crippen molar-refractivity contribution in [2.75, 3.05) is 54.1 Å². The zero-order valence-electron chi connectivity index (χ0n) is 9.21. The maximum absolute atomic E-state index is 11.0. The molecule has 14 heavy (non-hydrogen) atoms. The largest absolute Gasteiger partial charge is 0.383 e. The molecule has 0 aromatic rings. The van der Waals surface area contributed by atoms with Gasteiger partial charge in [-0.3, -0.25) is 4.79 Å². The molecule has 0 bridgehead atoms. The standard InChI is InChI=1S/C9H20N2O3/c1-11(6-7-13-2)5-4-10-9(12)8-14-3/h4-8H2,1-3H3,(H,10,12). The normalized spacial score (nSPS) is 10.6. The highest BCUT2D eigenvalue weighted by Crippen LogP contribution is 1.81. The van der Waals surface area contributed by atoms with E-state index >= 15 is 0 Å². The highest BCUT2D eigenvalue weighted by molar-refractivity contribution is 5.77. The second kappa shape index (κ2) is 8.93. The zero-order valence-corrected chi connectivity index (χ0v) is 9.21.